The third-order valence-corrected chi connectivity index (χ3v) is 7.47. The lowest BCUT2D eigenvalue weighted by Gasteiger charge is -2.33. The molecule has 37 heavy (non-hydrogen) atoms. The summed E-state index contributed by atoms with van der Waals surface area (Å²) in [5.74, 6) is 1.22. The van der Waals surface area contributed by atoms with Crippen molar-refractivity contribution >= 4 is 11.5 Å². The third kappa shape index (κ3) is 6.19. The van der Waals surface area contributed by atoms with E-state index in [0.717, 1.165) is 66.6 Å². The fourth-order valence-electron chi connectivity index (χ4n) is 5.08. The van der Waals surface area contributed by atoms with Crippen LogP contribution in [0.15, 0.2) is 36.9 Å². The Labute approximate surface area is 221 Å². The van der Waals surface area contributed by atoms with Crippen molar-refractivity contribution in [2.24, 2.45) is 0 Å². The lowest BCUT2D eigenvalue weighted by atomic mass is 9.84. The molecule has 2 aliphatic rings. The number of fused-ring (bicyclic) bond motifs is 1. The standard InChI is InChI=1S/C31H42N2O4/c1-5-7-15-36-28-19-29(37-16-8-6-2)27(18-26(28)22(3)4)30(34)33-20-23-9-10-25(17-24(23)21-33)31(35)11-13-32-14-12-31/h9-10,17-19,32,35H,3,5-8,11-16,20-21H2,1-2,4H3. The van der Waals surface area contributed by atoms with Gasteiger partial charge in [0.1, 0.15) is 11.5 Å². The van der Waals surface area contributed by atoms with Crippen molar-refractivity contribution in [3.8, 4) is 11.5 Å². The molecule has 200 valence electrons. The van der Waals surface area contributed by atoms with Gasteiger partial charge in [-0.1, -0.05) is 51.5 Å². The van der Waals surface area contributed by atoms with Crippen molar-refractivity contribution in [1.82, 2.24) is 10.2 Å². The molecule has 0 aliphatic carbocycles. The number of aliphatic hydroxyl groups is 1. The smallest absolute Gasteiger partial charge is 0.258 e. The zero-order chi connectivity index (χ0) is 26.4. The third-order valence-electron chi connectivity index (χ3n) is 7.47. The van der Waals surface area contributed by atoms with Gasteiger partial charge in [-0.2, -0.15) is 0 Å². The summed E-state index contributed by atoms with van der Waals surface area (Å²) in [4.78, 5) is 15.7. The number of rotatable bonds is 11. The van der Waals surface area contributed by atoms with Crippen LogP contribution in [0.5, 0.6) is 11.5 Å². The molecule has 2 N–H and O–H groups in total. The highest BCUT2D eigenvalue weighted by molar-refractivity contribution is 5.98. The van der Waals surface area contributed by atoms with Gasteiger partial charge < -0.3 is 24.8 Å². The van der Waals surface area contributed by atoms with E-state index in [1.165, 1.54) is 0 Å². The molecule has 4 rings (SSSR count). The number of ether oxygens (including phenoxy) is 2. The van der Waals surface area contributed by atoms with Crippen molar-refractivity contribution in [2.75, 3.05) is 26.3 Å². The van der Waals surface area contributed by atoms with Gasteiger partial charge in [-0.25, -0.2) is 0 Å². The summed E-state index contributed by atoms with van der Waals surface area (Å²) in [5.41, 5.74) is 4.61. The Hall–Kier alpha value is -2.83. The van der Waals surface area contributed by atoms with Crippen LogP contribution in [0, 0.1) is 0 Å². The van der Waals surface area contributed by atoms with Crippen molar-refractivity contribution < 1.29 is 19.4 Å². The van der Waals surface area contributed by atoms with Crippen molar-refractivity contribution in [1.29, 1.82) is 0 Å². The second kappa shape index (κ2) is 12.1. The lowest BCUT2D eigenvalue weighted by Crippen LogP contribution is -2.39. The Balaban J connectivity index is 1.60. The molecule has 2 aromatic rings. The van der Waals surface area contributed by atoms with Gasteiger partial charge in [0.25, 0.3) is 5.91 Å². The van der Waals surface area contributed by atoms with E-state index in [4.69, 9.17) is 9.47 Å². The number of unbranched alkanes of at least 4 members (excludes halogenated alkanes) is 2. The first-order valence-electron chi connectivity index (χ1n) is 13.8. The molecular formula is C31H42N2O4. The van der Waals surface area contributed by atoms with E-state index in [9.17, 15) is 9.90 Å². The second-order valence-corrected chi connectivity index (χ2v) is 10.5. The Bertz CT molecular complexity index is 1120. The molecule has 0 aromatic heterocycles. The molecule has 1 saturated heterocycles. The van der Waals surface area contributed by atoms with Crippen LogP contribution in [0.3, 0.4) is 0 Å². The minimum atomic E-state index is -0.804. The minimum absolute atomic E-state index is 0.0626. The molecule has 0 bridgehead atoms. The van der Waals surface area contributed by atoms with Gasteiger partial charge >= 0.3 is 0 Å². The first-order chi connectivity index (χ1) is 17.9. The Morgan fingerprint density at radius 2 is 1.59 bits per heavy atom. The molecule has 2 aromatic carbocycles. The summed E-state index contributed by atoms with van der Waals surface area (Å²) >= 11 is 0. The van der Waals surface area contributed by atoms with Crippen LogP contribution >= 0.6 is 0 Å². The van der Waals surface area contributed by atoms with E-state index in [0.29, 0.717) is 56.2 Å². The number of nitrogens with one attached hydrogen (secondary N) is 1. The number of nitrogens with zero attached hydrogens (tertiary/aromatic N) is 1. The number of hydrogen-bond donors (Lipinski definition) is 2. The first kappa shape index (κ1) is 27.2. The summed E-state index contributed by atoms with van der Waals surface area (Å²) in [6.45, 7) is 14.2. The highest BCUT2D eigenvalue weighted by Crippen LogP contribution is 2.37. The number of benzene rings is 2. The van der Waals surface area contributed by atoms with Gasteiger partial charge in [0.15, 0.2) is 0 Å². The minimum Gasteiger partial charge on any atom is -0.493 e. The van der Waals surface area contributed by atoms with E-state index in [1.807, 2.05) is 30.0 Å². The maximum Gasteiger partial charge on any atom is 0.258 e. The lowest BCUT2D eigenvalue weighted by molar-refractivity contribution is 0.00587. The molecule has 1 amide bonds. The van der Waals surface area contributed by atoms with E-state index in [-0.39, 0.29) is 5.91 Å². The summed E-state index contributed by atoms with van der Waals surface area (Å²) in [6.07, 6.45) is 5.33. The van der Waals surface area contributed by atoms with Gasteiger partial charge in [-0.15, -0.1) is 0 Å². The summed E-state index contributed by atoms with van der Waals surface area (Å²) in [6, 6.07) is 9.95. The largest absolute Gasteiger partial charge is 0.493 e. The highest BCUT2D eigenvalue weighted by atomic mass is 16.5. The fourth-order valence-corrected chi connectivity index (χ4v) is 5.08. The fraction of sp³-hybridized carbons (Fsp3) is 0.516. The molecule has 6 heteroatoms. The molecule has 1 fully saturated rings. The summed E-state index contributed by atoms with van der Waals surface area (Å²) in [7, 11) is 0. The van der Waals surface area contributed by atoms with Crippen LogP contribution in [0.1, 0.15) is 91.9 Å². The monoisotopic (exact) mass is 506 g/mol. The average molecular weight is 507 g/mol. The zero-order valence-corrected chi connectivity index (χ0v) is 22.7. The SMILES string of the molecule is C=C(C)c1cc(C(=O)N2Cc3ccc(C4(O)CCNCC4)cc3C2)c(OCCCC)cc1OCCCC. The topological polar surface area (TPSA) is 71.0 Å². The van der Waals surface area contributed by atoms with E-state index < -0.39 is 5.60 Å². The van der Waals surface area contributed by atoms with Crippen molar-refractivity contribution in [3.05, 3.63) is 64.7 Å². The van der Waals surface area contributed by atoms with Crippen molar-refractivity contribution in [3.63, 3.8) is 0 Å². The average Bonchev–Trinajstić information content (AvgIpc) is 3.32. The predicted molar refractivity (Wildman–Crippen MR) is 148 cm³/mol. The van der Waals surface area contributed by atoms with Gasteiger partial charge in [-0.3, -0.25) is 4.79 Å². The number of hydrogen-bond acceptors (Lipinski definition) is 5. The van der Waals surface area contributed by atoms with Gasteiger partial charge in [-0.05, 0) is 74.0 Å². The van der Waals surface area contributed by atoms with Crippen LogP contribution in [0.25, 0.3) is 5.57 Å². The van der Waals surface area contributed by atoms with Gasteiger partial charge in [0, 0.05) is 24.7 Å². The molecule has 6 nitrogen and oxygen atoms in total. The van der Waals surface area contributed by atoms with E-state index >= 15 is 0 Å². The van der Waals surface area contributed by atoms with Crippen LogP contribution in [-0.2, 0) is 18.7 Å². The van der Waals surface area contributed by atoms with E-state index in [2.05, 4.69) is 37.9 Å². The maximum atomic E-state index is 13.9. The second-order valence-electron chi connectivity index (χ2n) is 10.5. The Morgan fingerprint density at radius 3 is 2.22 bits per heavy atom. The molecule has 2 heterocycles. The van der Waals surface area contributed by atoms with Crippen LogP contribution in [-0.4, -0.2) is 42.2 Å². The number of piperidine rings is 1. The molecule has 0 saturated carbocycles. The summed E-state index contributed by atoms with van der Waals surface area (Å²) in [5, 5.41) is 14.5. The predicted octanol–water partition coefficient (Wildman–Crippen LogP) is 5.80. The molecule has 0 atom stereocenters. The molecule has 0 spiro atoms. The Kier molecular flexibility index (Phi) is 8.93. The molecular weight excluding hydrogens is 464 g/mol. The van der Waals surface area contributed by atoms with Gasteiger partial charge in [0.2, 0.25) is 0 Å². The summed E-state index contributed by atoms with van der Waals surface area (Å²) < 4.78 is 12.2. The zero-order valence-electron chi connectivity index (χ0n) is 22.7. The normalized spacial score (nSPS) is 16.4. The number of allylic oxidation sites excluding steroid dienone is 1. The highest BCUT2D eigenvalue weighted by Gasteiger charge is 2.33. The molecule has 2 aliphatic heterocycles. The van der Waals surface area contributed by atoms with Crippen molar-refractivity contribution in [2.45, 2.75) is 78.0 Å². The van der Waals surface area contributed by atoms with Crippen LogP contribution in [0.2, 0.25) is 0 Å². The number of amides is 1. The van der Waals surface area contributed by atoms with Crippen LogP contribution < -0.4 is 14.8 Å². The molecule has 0 radical (unpaired) electrons. The van der Waals surface area contributed by atoms with Gasteiger partial charge in [0.05, 0.1) is 24.4 Å². The van der Waals surface area contributed by atoms with E-state index in [1.54, 1.807) is 0 Å². The first-order valence-corrected chi connectivity index (χ1v) is 13.8. The maximum absolute atomic E-state index is 13.9. The quantitative estimate of drug-likeness (QED) is 0.377. The van der Waals surface area contributed by atoms with Crippen LogP contribution in [0.4, 0.5) is 0 Å². The molecule has 0 unspecified atom stereocenters. The number of carbonyl (C=O) groups is 1. The Morgan fingerprint density at radius 1 is 0.973 bits per heavy atom. The number of carbonyl (C=O) groups excluding carboxylic acids is 1.